The van der Waals surface area contributed by atoms with Crippen molar-refractivity contribution in [3.05, 3.63) is 22.2 Å². The second kappa shape index (κ2) is 9.52. The average molecular weight is 401 g/mol. The van der Waals surface area contributed by atoms with Crippen LogP contribution in [-0.4, -0.2) is 49.6 Å². The van der Waals surface area contributed by atoms with Gasteiger partial charge in [-0.05, 0) is 55.8 Å². The highest BCUT2D eigenvalue weighted by molar-refractivity contribution is 9.10. The zero-order valence-electron chi connectivity index (χ0n) is 14.8. The molecular formula is C17H25BrN2O4. The van der Waals surface area contributed by atoms with Gasteiger partial charge in [-0.1, -0.05) is 0 Å². The molecule has 6 nitrogen and oxygen atoms in total. The van der Waals surface area contributed by atoms with Gasteiger partial charge in [-0.2, -0.15) is 0 Å². The molecule has 0 radical (unpaired) electrons. The number of ether oxygens (including phenoxy) is 2. The fourth-order valence-electron chi connectivity index (χ4n) is 2.18. The molecule has 7 heteroatoms. The molecule has 0 aromatic heterocycles. The molecule has 1 N–H and O–H groups in total. The molecule has 0 heterocycles. The van der Waals surface area contributed by atoms with E-state index in [0.29, 0.717) is 34.7 Å². The second-order valence-corrected chi connectivity index (χ2v) is 6.32. The number of rotatable bonds is 8. The summed E-state index contributed by atoms with van der Waals surface area (Å²) in [4.78, 5) is 26.1. The summed E-state index contributed by atoms with van der Waals surface area (Å²) in [6, 6.07) is 3.34. The van der Waals surface area contributed by atoms with Crippen molar-refractivity contribution in [1.82, 2.24) is 10.2 Å². The van der Waals surface area contributed by atoms with Gasteiger partial charge in [0.25, 0.3) is 5.91 Å². The van der Waals surface area contributed by atoms with E-state index in [0.717, 1.165) is 0 Å². The van der Waals surface area contributed by atoms with Crippen LogP contribution in [-0.2, 0) is 4.79 Å². The maximum absolute atomic E-state index is 12.7. The Morgan fingerprint density at radius 3 is 2.46 bits per heavy atom. The quantitative estimate of drug-likeness (QED) is 0.728. The van der Waals surface area contributed by atoms with E-state index < -0.39 is 0 Å². The van der Waals surface area contributed by atoms with Crippen LogP contribution >= 0.6 is 15.9 Å². The molecule has 0 saturated carbocycles. The van der Waals surface area contributed by atoms with Crippen LogP contribution in [0.1, 0.15) is 38.1 Å². The van der Waals surface area contributed by atoms with Crippen molar-refractivity contribution < 1.29 is 19.1 Å². The molecule has 134 valence electrons. The van der Waals surface area contributed by atoms with E-state index in [1.54, 1.807) is 12.1 Å². The Morgan fingerprint density at radius 1 is 1.29 bits per heavy atom. The van der Waals surface area contributed by atoms with Gasteiger partial charge in [-0.25, -0.2) is 0 Å². The number of likely N-dealkylation sites (N-methyl/N-ethyl adjacent to an activating group) is 1. The smallest absolute Gasteiger partial charge is 0.254 e. The summed E-state index contributed by atoms with van der Waals surface area (Å²) in [5, 5.41) is 2.79. The molecule has 0 bridgehead atoms. The lowest BCUT2D eigenvalue weighted by atomic mass is 10.1. The number of amides is 2. The Balaban J connectivity index is 3.03. The summed E-state index contributed by atoms with van der Waals surface area (Å²) in [7, 11) is 1.52. The minimum atomic E-state index is -0.238. The molecule has 1 aromatic rings. The molecule has 24 heavy (non-hydrogen) atoms. The fourth-order valence-corrected chi connectivity index (χ4v) is 2.73. The maximum atomic E-state index is 12.7. The Bertz CT molecular complexity index is 590. The molecule has 0 aliphatic heterocycles. The van der Waals surface area contributed by atoms with Crippen LogP contribution in [0.2, 0.25) is 0 Å². The summed E-state index contributed by atoms with van der Waals surface area (Å²) in [6.45, 7) is 8.39. The van der Waals surface area contributed by atoms with Crippen molar-refractivity contribution in [1.29, 1.82) is 0 Å². The van der Waals surface area contributed by atoms with E-state index in [9.17, 15) is 9.59 Å². The fraction of sp³-hybridized carbons (Fsp3) is 0.529. The predicted molar refractivity (Wildman–Crippen MR) is 96.7 cm³/mol. The lowest BCUT2D eigenvalue weighted by molar-refractivity contribution is -0.122. The average Bonchev–Trinajstić information content (AvgIpc) is 2.52. The summed E-state index contributed by atoms with van der Waals surface area (Å²) in [5.74, 6) is 0.602. The third kappa shape index (κ3) is 5.40. The Morgan fingerprint density at radius 2 is 1.96 bits per heavy atom. The van der Waals surface area contributed by atoms with Gasteiger partial charge >= 0.3 is 0 Å². The first-order chi connectivity index (χ1) is 11.3. The number of halogens is 1. The van der Waals surface area contributed by atoms with E-state index >= 15 is 0 Å². The normalized spacial score (nSPS) is 10.5. The van der Waals surface area contributed by atoms with E-state index in [-0.39, 0.29) is 24.4 Å². The molecule has 0 aliphatic rings. The van der Waals surface area contributed by atoms with Crippen LogP contribution in [0.5, 0.6) is 11.5 Å². The molecule has 0 atom stereocenters. The van der Waals surface area contributed by atoms with Crippen molar-refractivity contribution >= 4 is 27.7 Å². The van der Waals surface area contributed by atoms with Crippen LogP contribution in [0, 0.1) is 0 Å². The van der Waals surface area contributed by atoms with Gasteiger partial charge in [0.1, 0.15) is 0 Å². The highest BCUT2D eigenvalue weighted by Gasteiger charge is 2.21. The van der Waals surface area contributed by atoms with Gasteiger partial charge in [-0.3, -0.25) is 9.59 Å². The number of hydrogen-bond acceptors (Lipinski definition) is 4. The van der Waals surface area contributed by atoms with E-state index in [1.807, 2.05) is 27.7 Å². The molecule has 1 aromatic carbocycles. The number of carbonyl (C=O) groups is 2. The van der Waals surface area contributed by atoms with E-state index in [4.69, 9.17) is 9.47 Å². The second-order valence-electron chi connectivity index (χ2n) is 5.46. The van der Waals surface area contributed by atoms with Crippen molar-refractivity contribution in [3.63, 3.8) is 0 Å². The number of benzene rings is 1. The highest BCUT2D eigenvalue weighted by atomic mass is 79.9. The number of nitrogens with one attached hydrogen (secondary N) is 1. The van der Waals surface area contributed by atoms with Gasteiger partial charge in [0.2, 0.25) is 5.91 Å². The summed E-state index contributed by atoms with van der Waals surface area (Å²) in [5.41, 5.74) is 0.432. The first kappa shape index (κ1) is 20.3. The molecule has 2 amide bonds. The third-order valence-electron chi connectivity index (χ3n) is 3.22. The van der Waals surface area contributed by atoms with Crippen molar-refractivity contribution in [2.24, 2.45) is 0 Å². The van der Waals surface area contributed by atoms with Crippen LogP contribution in [0.4, 0.5) is 0 Å². The Labute approximate surface area is 151 Å². The lowest BCUT2D eigenvalue weighted by Gasteiger charge is -2.22. The van der Waals surface area contributed by atoms with Crippen LogP contribution in [0.15, 0.2) is 16.6 Å². The van der Waals surface area contributed by atoms with E-state index in [1.165, 1.54) is 12.0 Å². The minimum Gasteiger partial charge on any atom is -0.493 e. The standard InChI is InChI=1S/C17H25BrN2O4/c1-6-20(10-15(21)19-11(3)4)17(22)12-8-13(18)16(24-7-2)14(9-12)23-5/h8-9,11H,6-7,10H2,1-5H3,(H,19,21). The van der Waals surface area contributed by atoms with Gasteiger partial charge in [0.05, 0.1) is 24.7 Å². The zero-order valence-corrected chi connectivity index (χ0v) is 16.4. The molecule has 0 spiro atoms. The summed E-state index contributed by atoms with van der Waals surface area (Å²) < 4.78 is 11.5. The molecule has 0 fully saturated rings. The number of hydrogen-bond donors (Lipinski definition) is 1. The Kier molecular flexibility index (Phi) is 8.04. The van der Waals surface area contributed by atoms with Gasteiger partial charge < -0.3 is 19.7 Å². The number of carbonyl (C=O) groups excluding carboxylic acids is 2. The van der Waals surface area contributed by atoms with Gasteiger partial charge in [0, 0.05) is 18.2 Å². The van der Waals surface area contributed by atoms with Crippen LogP contribution in [0.25, 0.3) is 0 Å². The van der Waals surface area contributed by atoms with Crippen molar-refractivity contribution in [2.75, 3.05) is 26.8 Å². The zero-order chi connectivity index (χ0) is 18.3. The molecule has 0 aliphatic carbocycles. The summed E-state index contributed by atoms with van der Waals surface area (Å²) in [6.07, 6.45) is 0. The van der Waals surface area contributed by atoms with Gasteiger partial charge in [-0.15, -0.1) is 0 Å². The topological polar surface area (TPSA) is 67.9 Å². The maximum Gasteiger partial charge on any atom is 0.254 e. The molecule has 0 saturated heterocycles. The van der Waals surface area contributed by atoms with Gasteiger partial charge in [0.15, 0.2) is 11.5 Å². The SMILES string of the molecule is CCOc1c(Br)cc(C(=O)N(CC)CC(=O)NC(C)C)cc1OC. The largest absolute Gasteiger partial charge is 0.493 e. The molecular weight excluding hydrogens is 376 g/mol. The Hall–Kier alpha value is -1.76. The first-order valence-corrected chi connectivity index (χ1v) is 8.72. The highest BCUT2D eigenvalue weighted by Crippen LogP contribution is 2.36. The van der Waals surface area contributed by atoms with Crippen molar-refractivity contribution in [3.8, 4) is 11.5 Å². The van der Waals surface area contributed by atoms with Crippen molar-refractivity contribution in [2.45, 2.75) is 33.7 Å². The monoisotopic (exact) mass is 400 g/mol. The summed E-state index contributed by atoms with van der Waals surface area (Å²) >= 11 is 3.41. The van der Waals surface area contributed by atoms with Crippen LogP contribution in [0.3, 0.4) is 0 Å². The molecule has 1 rings (SSSR count). The van der Waals surface area contributed by atoms with E-state index in [2.05, 4.69) is 21.2 Å². The number of nitrogens with zero attached hydrogens (tertiary/aromatic N) is 1. The predicted octanol–water partition coefficient (Wildman–Crippen LogP) is 2.84. The lowest BCUT2D eigenvalue weighted by Crippen LogP contribution is -2.42. The molecule has 0 unspecified atom stereocenters. The minimum absolute atomic E-state index is 0.0145. The number of methoxy groups -OCH3 is 1. The third-order valence-corrected chi connectivity index (χ3v) is 3.81. The first-order valence-electron chi connectivity index (χ1n) is 7.92. The van der Waals surface area contributed by atoms with Crippen LogP contribution < -0.4 is 14.8 Å².